The number of non-ortho nitro benzene ring substituents is 1. The average Bonchev–Trinajstić information content (AvgIpc) is 2.94. The highest BCUT2D eigenvalue weighted by Crippen LogP contribution is 2.44. The molecule has 1 atom stereocenters. The number of benzene rings is 1. The van der Waals surface area contributed by atoms with E-state index >= 15 is 0 Å². The third kappa shape index (κ3) is 2.61. The molecule has 98 valence electrons. The smallest absolute Gasteiger partial charge is 0.270 e. The summed E-state index contributed by atoms with van der Waals surface area (Å²) in [5.74, 6) is 0.687. The van der Waals surface area contributed by atoms with Crippen LogP contribution in [0.25, 0.3) is 0 Å². The first-order chi connectivity index (χ1) is 8.44. The maximum atomic E-state index is 10.8. The Labute approximate surface area is 106 Å². The van der Waals surface area contributed by atoms with Crippen LogP contribution in [0, 0.1) is 15.5 Å². The molecule has 1 N–H and O–H groups in total. The van der Waals surface area contributed by atoms with E-state index in [2.05, 4.69) is 19.2 Å². The Morgan fingerprint density at radius 1 is 1.56 bits per heavy atom. The van der Waals surface area contributed by atoms with Crippen molar-refractivity contribution >= 4 is 5.69 Å². The molecule has 0 aromatic heterocycles. The third-order valence-corrected chi connectivity index (χ3v) is 3.53. The molecular weight excluding hydrogens is 232 g/mol. The number of nitro groups is 1. The number of nitrogens with zero attached hydrogens (tertiary/aromatic N) is 1. The lowest BCUT2D eigenvalue weighted by Crippen LogP contribution is -2.20. The van der Waals surface area contributed by atoms with E-state index < -0.39 is 0 Å². The minimum Gasteiger partial charge on any atom is -0.496 e. The molecule has 0 aliphatic heterocycles. The maximum absolute atomic E-state index is 10.8. The Kier molecular flexibility index (Phi) is 3.26. The maximum Gasteiger partial charge on any atom is 0.270 e. The van der Waals surface area contributed by atoms with E-state index in [1.54, 1.807) is 19.2 Å². The van der Waals surface area contributed by atoms with Crippen molar-refractivity contribution in [2.45, 2.75) is 32.9 Å². The van der Waals surface area contributed by atoms with Crippen molar-refractivity contribution < 1.29 is 9.66 Å². The van der Waals surface area contributed by atoms with Gasteiger partial charge in [0.15, 0.2) is 0 Å². The lowest BCUT2D eigenvalue weighted by Gasteiger charge is -2.10. The second-order valence-electron chi connectivity index (χ2n) is 5.38. The van der Waals surface area contributed by atoms with Crippen molar-refractivity contribution in [1.82, 2.24) is 5.32 Å². The van der Waals surface area contributed by atoms with E-state index in [0.717, 1.165) is 12.0 Å². The van der Waals surface area contributed by atoms with E-state index in [1.807, 2.05) is 0 Å². The van der Waals surface area contributed by atoms with Crippen LogP contribution in [0.3, 0.4) is 0 Å². The van der Waals surface area contributed by atoms with Gasteiger partial charge >= 0.3 is 0 Å². The van der Waals surface area contributed by atoms with Gasteiger partial charge in [-0.2, -0.15) is 0 Å². The molecule has 0 amide bonds. The number of nitrogens with one attached hydrogen (secondary N) is 1. The number of ether oxygens (including phenoxy) is 1. The lowest BCUT2D eigenvalue weighted by atomic mass is 10.1. The van der Waals surface area contributed by atoms with Crippen LogP contribution in [0.5, 0.6) is 5.75 Å². The molecule has 1 aliphatic rings. The Balaban J connectivity index is 2.09. The first-order valence-corrected chi connectivity index (χ1v) is 5.99. The molecule has 1 aromatic rings. The van der Waals surface area contributed by atoms with Crippen LogP contribution in [-0.2, 0) is 6.54 Å². The van der Waals surface area contributed by atoms with Crippen molar-refractivity contribution in [3.63, 3.8) is 0 Å². The van der Waals surface area contributed by atoms with Gasteiger partial charge in [0.2, 0.25) is 0 Å². The molecular formula is C13H18N2O3. The largest absolute Gasteiger partial charge is 0.496 e. The molecule has 0 heterocycles. The van der Waals surface area contributed by atoms with Gasteiger partial charge in [0.05, 0.1) is 12.0 Å². The van der Waals surface area contributed by atoms with Crippen molar-refractivity contribution in [1.29, 1.82) is 0 Å². The fourth-order valence-corrected chi connectivity index (χ4v) is 2.07. The van der Waals surface area contributed by atoms with E-state index in [4.69, 9.17) is 4.74 Å². The normalized spacial score (nSPS) is 20.5. The van der Waals surface area contributed by atoms with Crippen molar-refractivity contribution in [3.8, 4) is 5.75 Å². The molecule has 0 radical (unpaired) electrons. The number of hydrogen-bond donors (Lipinski definition) is 1. The molecule has 0 saturated heterocycles. The molecule has 1 saturated carbocycles. The summed E-state index contributed by atoms with van der Waals surface area (Å²) >= 11 is 0. The second-order valence-corrected chi connectivity index (χ2v) is 5.38. The molecule has 2 rings (SSSR count). The van der Waals surface area contributed by atoms with Gasteiger partial charge in [-0.05, 0) is 17.9 Å². The van der Waals surface area contributed by atoms with E-state index in [9.17, 15) is 10.1 Å². The summed E-state index contributed by atoms with van der Waals surface area (Å²) in [7, 11) is 1.58. The Morgan fingerprint density at radius 2 is 2.22 bits per heavy atom. The Morgan fingerprint density at radius 3 is 2.72 bits per heavy atom. The molecule has 5 heteroatoms. The number of methoxy groups -OCH3 is 1. The molecule has 0 bridgehead atoms. The average molecular weight is 250 g/mol. The van der Waals surface area contributed by atoms with Gasteiger partial charge < -0.3 is 10.1 Å². The van der Waals surface area contributed by atoms with Gasteiger partial charge in [-0.3, -0.25) is 10.1 Å². The summed E-state index contributed by atoms with van der Waals surface area (Å²) in [6.07, 6.45) is 1.14. The summed E-state index contributed by atoms with van der Waals surface area (Å²) < 4.78 is 5.22. The number of rotatable bonds is 5. The van der Waals surface area contributed by atoms with Gasteiger partial charge in [0.25, 0.3) is 5.69 Å². The van der Waals surface area contributed by atoms with Gasteiger partial charge in [0.1, 0.15) is 5.75 Å². The van der Waals surface area contributed by atoms with Crippen LogP contribution in [0.2, 0.25) is 0 Å². The summed E-state index contributed by atoms with van der Waals surface area (Å²) in [4.78, 5) is 10.4. The highest BCUT2D eigenvalue weighted by Gasteiger charge is 2.45. The molecule has 0 spiro atoms. The molecule has 1 aliphatic carbocycles. The standard InChI is InChI=1S/C13H18N2O3/c1-13(2)7-12(13)14-8-9-6-10(15(16)17)4-5-11(9)18-3/h4-6,12,14H,7-8H2,1-3H3. The Bertz CT molecular complexity index is 471. The SMILES string of the molecule is COc1ccc([N+](=O)[O-])cc1CNC1CC1(C)C. The first-order valence-electron chi connectivity index (χ1n) is 5.99. The van der Waals surface area contributed by atoms with Gasteiger partial charge in [-0.1, -0.05) is 13.8 Å². The zero-order valence-electron chi connectivity index (χ0n) is 10.9. The minimum absolute atomic E-state index is 0.0997. The molecule has 18 heavy (non-hydrogen) atoms. The highest BCUT2D eigenvalue weighted by atomic mass is 16.6. The quantitative estimate of drug-likeness (QED) is 0.644. The van der Waals surface area contributed by atoms with Crippen LogP contribution < -0.4 is 10.1 Å². The Hall–Kier alpha value is -1.62. The minimum atomic E-state index is -0.385. The van der Waals surface area contributed by atoms with Crippen molar-refractivity contribution in [3.05, 3.63) is 33.9 Å². The highest BCUT2D eigenvalue weighted by molar-refractivity contribution is 5.43. The monoisotopic (exact) mass is 250 g/mol. The molecule has 1 fully saturated rings. The van der Waals surface area contributed by atoms with Gasteiger partial charge in [-0.15, -0.1) is 0 Å². The summed E-state index contributed by atoms with van der Waals surface area (Å²) in [6, 6.07) is 5.17. The van der Waals surface area contributed by atoms with Crippen molar-refractivity contribution in [2.75, 3.05) is 7.11 Å². The van der Waals surface area contributed by atoms with Crippen LogP contribution in [-0.4, -0.2) is 18.1 Å². The van der Waals surface area contributed by atoms with Gasteiger partial charge in [0, 0.05) is 30.3 Å². The number of nitro benzene ring substituents is 1. The third-order valence-electron chi connectivity index (χ3n) is 3.53. The predicted octanol–water partition coefficient (Wildman–Crippen LogP) is 2.49. The van der Waals surface area contributed by atoms with E-state index in [-0.39, 0.29) is 10.6 Å². The van der Waals surface area contributed by atoms with E-state index in [0.29, 0.717) is 23.8 Å². The first kappa shape index (κ1) is 12.8. The van der Waals surface area contributed by atoms with Crippen LogP contribution in [0.15, 0.2) is 18.2 Å². The van der Waals surface area contributed by atoms with E-state index in [1.165, 1.54) is 6.07 Å². The van der Waals surface area contributed by atoms with Crippen LogP contribution in [0.1, 0.15) is 25.8 Å². The number of hydrogen-bond acceptors (Lipinski definition) is 4. The molecule has 1 unspecified atom stereocenters. The van der Waals surface area contributed by atoms with Crippen molar-refractivity contribution in [2.24, 2.45) is 5.41 Å². The second kappa shape index (κ2) is 4.57. The summed E-state index contributed by atoms with van der Waals surface area (Å²) in [6.45, 7) is 5.00. The van der Waals surface area contributed by atoms with Gasteiger partial charge in [-0.25, -0.2) is 0 Å². The molecule has 5 nitrogen and oxygen atoms in total. The zero-order valence-corrected chi connectivity index (χ0v) is 10.9. The lowest BCUT2D eigenvalue weighted by molar-refractivity contribution is -0.384. The fourth-order valence-electron chi connectivity index (χ4n) is 2.07. The topological polar surface area (TPSA) is 64.4 Å². The summed E-state index contributed by atoms with van der Waals surface area (Å²) in [5.41, 5.74) is 1.27. The summed E-state index contributed by atoms with van der Waals surface area (Å²) in [5, 5.41) is 14.2. The molecule has 1 aromatic carbocycles. The zero-order chi connectivity index (χ0) is 13.3. The fraction of sp³-hybridized carbons (Fsp3) is 0.538. The van der Waals surface area contributed by atoms with Crippen LogP contribution >= 0.6 is 0 Å². The van der Waals surface area contributed by atoms with Crippen LogP contribution in [0.4, 0.5) is 5.69 Å². The predicted molar refractivity (Wildman–Crippen MR) is 68.7 cm³/mol.